The van der Waals surface area contributed by atoms with E-state index in [2.05, 4.69) is 15.3 Å². The van der Waals surface area contributed by atoms with Gasteiger partial charge in [0, 0.05) is 17.7 Å². The molecule has 0 aliphatic heterocycles. The fraction of sp³-hybridized carbons (Fsp3) is 0.143. The maximum absolute atomic E-state index is 13.0. The fourth-order valence-corrected chi connectivity index (χ4v) is 2.96. The van der Waals surface area contributed by atoms with Crippen LogP contribution in [0.5, 0.6) is 5.75 Å². The number of hydrogen-bond donors (Lipinski definition) is 0. The summed E-state index contributed by atoms with van der Waals surface area (Å²) in [4.78, 5) is 22.7. The average Bonchev–Trinajstić information content (AvgIpc) is 3.50. The van der Waals surface area contributed by atoms with Crippen molar-refractivity contribution in [1.82, 2.24) is 20.0 Å². The second-order valence-corrected chi connectivity index (χ2v) is 6.92. The smallest absolute Gasteiger partial charge is 0.416 e. The highest BCUT2D eigenvalue weighted by Gasteiger charge is 2.31. The van der Waals surface area contributed by atoms with E-state index in [1.54, 1.807) is 0 Å². The maximum Gasteiger partial charge on any atom is 0.416 e. The number of carbonyl (C=O) groups excluding carboxylic acids is 1. The Kier molecular flexibility index (Phi) is 6.18. The number of alkyl halides is 3. The highest BCUT2D eigenvalue weighted by Crippen LogP contribution is 2.31. The third-order valence-electron chi connectivity index (χ3n) is 4.65. The molecular formula is C21H14F3N5O6. The van der Waals surface area contributed by atoms with E-state index in [1.807, 2.05) is 0 Å². The van der Waals surface area contributed by atoms with Crippen LogP contribution in [-0.4, -0.2) is 38.0 Å². The van der Waals surface area contributed by atoms with Crippen molar-refractivity contribution in [3.8, 4) is 22.9 Å². The summed E-state index contributed by atoms with van der Waals surface area (Å²) in [6.45, 7) is -0.432. The molecule has 180 valence electrons. The predicted molar refractivity (Wildman–Crippen MR) is 111 cm³/mol. The van der Waals surface area contributed by atoms with Gasteiger partial charge in [-0.05, 0) is 30.3 Å². The molecule has 0 amide bonds. The van der Waals surface area contributed by atoms with Crippen LogP contribution in [0.3, 0.4) is 0 Å². The van der Waals surface area contributed by atoms with Gasteiger partial charge in [0.2, 0.25) is 11.6 Å². The van der Waals surface area contributed by atoms with Gasteiger partial charge in [-0.25, -0.2) is 9.48 Å². The lowest BCUT2D eigenvalue weighted by atomic mass is 10.2. The Labute approximate surface area is 193 Å². The summed E-state index contributed by atoms with van der Waals surface area (Å²) in [5, 5.41) is 22.3. The summed E-state index contributed by atoms with van der Waals surface area (Å²) in [7, 11) is 1.26. The molecule has 0 atom stereocenters. The number of nitrogens with zero attached hydrogens (tertiary/aromatic N) is 5. The minimum absolute atomic E-state index is 0.0236. The van der Waals surface area contributed by atoms with Gasteiger partial charge < -0.3 is 13.9 Å². The van der Waals surface area contributed by atoms with E-state index in [4.69, 9.17) is 13.9 Å². The monoisotopic (exact) mass is 489 g/mol. The van der Waals surface area contributed by atoms with Crippen LogP contribution in [0.4, 0.5) is 18.9 Å². The number of non-ortho nitro benzene ring substituents is 1. The first-order chi connectivity index (χ1) is 16.7. The quantitative estimate of drug-likeness (QED) is 0.212. The number of carbonyl (C=O) groups is 1. The summed E-state index contributed by atoms with van der Waals surface area (Å²) in [5.74, 6) is -0.979. The van der Waals surface area contributed by atoms with Crippen LogP contribution in [0.15, 0.2) is 59.1 Å². The standard InChI is InChI=1S/C21H14F3N5O6/c1-33-16-10-28(15-4-2-3-13(9-15)21(22,23)24)27-18(16)20(30)34-11-17-25-26-19(35-17)12-5-7-14(8-6-12)29(31)32/h2-10H,11H2,1H3. The van der Waals surface area contributed by atoms with Crippen molar-refractivity contribution in [2.75, 3.05) is 7.11 Å². The summed E-state index contributed by atoms with van der Waals surface area (Å²) >= 11 is 0. The van der Waals surface area contributed by atoms with Gasteiger partial charge in [0.1, 0.15) is 0 Å². The highest BCUT2D eigenvalue weighted by atomic mass is 19.4. The molecule has 0 saturated heterocycles. The molecule has 4 aromatic rings. The van der Waals surface area contributed by atoms with Crippen molar-refractivity contribution in [3.63, 3.8) is 0 Å². The third kappa shape index (κ3) is 5.10. The molecule has 0 aliphatic carbocycles. The minimum atomic E-state index is -4.55. The Morgan fingerprint density at radius 3 is 2.57 bits per heavy atom. The lowest BCUT2D eigenvalue weighted by molar-refractivity contribution is -0.384. The summed E-state index contributed by atoms with van der Waals surface area (Å²) in [6.07, 6.45) is -3.31. The molecule has 4 rings (SSSR count). The van der Waals surface area contributed by atoms with Crippen LogP contribution in [0.2, 0.25) is 0 Å². The average molecular weight is 489 g/mol. The fourth-order valence-electron chi connectivity index (χ4n) is 2.96. The van der Waals surface area contributed by atoms with Gasteiger partial charge >= 0.3 is 12.1 Å². The van der Waals surface area contributed by atoms with Gasteiger partial charge in [-0.1, -0.05) is 6.07 Å². The number of benzene rings is 2. The SMILES string of the molecule is COc1cn(-c2cccc(C(F)(F)F)c2)nc1C(=O)OCc1nnc(-c2ccc([N+](=O)[O-])cc2)o1. The Balaban J connectivity index is 1.47. The second kappa shape index (κ2) is 9.24. The topological polar surface area (TPSA) is 135 Å². The van der Waals surface area contributed by atoms with Crippen LogP contribution in [0.25, 0.3) is 17.1 Å². The van der Waals surface area contributed by atoms with E-state index in [-0.39, 0.29) is 34.6 Å². The molecule has 2 heterocycles. The molecule has 2 aromatic carbocycles. The molecule has 0 unspecified atom stereocenters. The zero-order valence-corrected chi connectivity index (χ0v) is 17.7. The molecule has 0 aliphatic rings. The summed E-state index contributed by atoms with van der Waals surface area (Å²) in [5.41, 5.74) is -0.793. The number of esters is 1. The molecule has 0 saturated carbocycles. The Hall–Kier alpha value is -4.75. The molecule has 35 heavy (non-hydrogen) atoms. The number of halogens is 3. The molecule has 0 radical (unpaired) electrons. The molecule has 2 aromatic heterocycles. The number of aromatic nitrogens is 4. The molecular weight excluding hydrogens is 475 g/mol. The van der Waals surface area contributed by atoms with E-state index in [1.165, 1.54) is 49.7 Å². The first-order valence-corrected chi connectivity index (χ1v) is 9.71. The molecule has 0 bridgehead atoms. The van der Waals surface area contributed by atoms with Crippen molar-refractivity contribution >= 4 is 11.7 Å². The van der Waals surface area contributed by atoms with Gasteiger partial charge in [0.25, 0.3) is 11.6 Å². The third-order valence-corrected chi connectivity index (χ3v) is 4.65. The number of hydrogen-bond acceptors (Lipinski definition) is 9. The lowest BCUT2D eigenvalue weighted by Crippen LogP contribution is -2.09. The molecule has 0 spiro atoms. The van der Waals surface area contributed by atoms with Crippen LogP contribution < -0.4 is 4.74 Å². The normalized spacial score (nSPS) is 11.3. The van der Waals surface area contributed by atoms with Crippen molar-refractivity contribution in [2.45, 2.75) is 12.8 Å². The van der Waals surface area contributed by atoms with E-state index < -0.39 is 29.2 Å². The Morgan fingerprint density at radius 2 is 1.91 bits per heavy atom. The zero-order valence-electron chi connectivity index (χ0n) is 17.7. The number of methoxy groups -OCH3 is 1. The summed E-state index contributed by atoms with van der Waals surface area (Å²) in [6, 6.07) is 9.77. The van der Waals surface area contributed by atoms with Gasteiger partial charge in [0.05, 0.1) is 29.5 Å². The molecule has 0 N–H and O–H groups in total. The lowest BCUT2D eigenvalue weighted by Gasteiger charge is -2.08. The van der Waals surface area contributed by atoms with Gasteiger partial charge in [0.15, 0.2) is 12.4 Å². The van der Waals surface area contributed by atoms with Crippen molar-refractivity contribution in [3.05, 3.63) is 82.0 Å². The van der Waals surface area contributed by atoms with E-state index >= 15 is 0 Å². The van der Waals surface area contributed by atoms with Crippen LogP contribution in [-0.2, 0) is 17.5 Å². The highest BCUT2D eigenvalue weighted by molar-refractivity contribution is 5.90. The van der Waals surface area contributed by atoms with Gasteiger partial charge in [-0.3, -0.25) is 10.1 Å². The van der Waals surface area contributed by atoms with Crippen molar-refractivity contribution in [1.29, 1.82) is 0 Å². The zero-order chi connectivity index (χ0) is 25.2. The van der Waals surface area contributed by atoms with Crippen molar-refractivity contribution in [2.24, 2.45) is 0 Å². The molecule has 0 fully saturated rings. The number of nitro groups is 1. The summed E-state index contributed by atoms with van der Waals surface area (Å²) < 4.78 is 55.7. The van der Waals surface area contributed by atoms with E-state index in [0.717, 1.165) is 16.8 Å². The van der Waals surface area contributed by atoms with Crippen LogP contribution in [0.1, 0.15) is 21.9 Å². The number of nitro benzene ring substituents is 1. The number of ether oxygens (including phenoxy) is 2. The predicted octanol–water partition coefficient (Wildman–Crippen LogP) is 4.21. The first kappa shape index (κ1) is 23.4. The maximum atomic E-state index is 13.0. The van der Waals surface area contributed by atoms with Crippen molar-refractivity contribution < 1.29 is 36.8 Å². The van der Waals surface area contributed by atoms with Gasteiger partial charge in [-0.2, -0.15) is 18.3 Å². The minimum Gasteiger partial charge on any atom is -0.493 e. The molecule has 14 heteroatoms. The molecule has 11 nitrogen and oxygen atoms in total. The Bertz CT molecular complexity index is 1380. The van der Waals surface area contributed by atoms with Crippen LogP contribution >= 0.6 is 0 Å². The first-order valence-electron chi connectivity index (χ1n) is 9.71. The van der Waals surface area contributed by atoms with E-state index in [0.29, 0.717) is 5.56 Å². The van der Waals surface area contributed by atoms with Crippen LogP contribution in [0, 0.1) is 10.1 Å². The largest absolute Gasteiger partial charge is 0.493 e. The second-order valence-electron chi connectivity index (χ2n) is 6.92. The van der Waals surface area contributed by atoms with E-state index in [9.17, 15) is 28.1 Å². The van der Waals surface area contributed by atoms with Gasteiger partial charge in [-0.15, -0.1) is 10.2 Å². The number of rotatable bonds is 7. The Morgan fingerprint density at radius 1 is 1.17 bits per heavy atom.